The fourth-order valence-corrected chi connectivity index (χ4v) is 2.47. The van der Waals surface area contributed by atoms with Gasteiger partial charge in [0.15, 0.2) is 0 Å². The van der Waals surface area contributed by atoms with E-state index in [1.807, 2.05) is 0 Å². The van der Waals surface area contributed by atoms with Gasteiger partial charge in [-0.25, -0.2) is 0 Å². The molecular weight excluding hydrogens is 254 g/mol. The van der Waals surface area contributed by atoms with Gasteiger partial charge < -0.3 is 10.1 Å². The minimum Gasteiger partial charge on any atom is -0.379 e. The fourth-order valence-electron chi connectivity index (χ4n) is 2.47. The summed E-state index contributed by atoms with van der Waals surface area (Å²) in [5, 5.41) is 2.85. The predicted octanol–water partition coefficient (Wildman–Crippen LogP) is 2.99. The Morgan fingerprint density at radius 3 is 2.45 bits per heavy atom. The van der Waals surface area contributed by atoms with Crippen LogP contribution in [0.3, 0.4) is 0 Å². The third-order valence-electron chi connectivity index (χ3n) is 3.71. The molecule has 0 bridgehead atoms. The van der Waals surface area contributed by atoms with Crippen molar-refractivity contribution >= 4 is 11.7 Å². The Balaban J connectivity index is 1.95. The molecule has 4 nitrogen and oxygen atoms in total. The van der Waals surface area contributed by atoms with Gasteiger partial charge in [-0.15, -0.1) is 0 Å². The molecule has 0 radical (unpaired) electrons. The summed E-state index contributed by atoms with van der Waals surface area (Å²) in [6, 6.07) is 0.105. The first kappa shape index (κ1) is 17.2. The first-order valence-corrected chi connectivity index (χ1v) is 8.11. The number of amides is 1. The third kappa shape index (κ3) is 8.31. The molecule has 0 aromatic rings. The normalized spacial score (nSPS) is 18.1. The summed E-state index contributed by atoms with van der Waals surface area (Å²) >= 11 is 0. The number of carbonyl (C=O) groups excluding carboxylic acids is 2. The summed E-state index contributed by atoms with van der Waals surface area (Å²) in [5.74, 6) is -0.0802. The van der Waals surface area contributed by atoms with E-state index in [0.717, 1.165) is 19.3 Å². The molecule has 0 aliphatic carbocycles. The second kappa shape index (κ2) is 10.8. The lowest BCUT2D eigenvalue weighted by molar-refractivity contribution is -0.128. The average molecular weight is 283 g/mol. The van der Waals surface area contributed by atoms with E-state index in [1.165, 1.54) is 32.1 Å². The molecule has 0 aromatic heterocycles. The Morgan fingerprint density at radius 2 is 1.80 bits per heavy atom. The number of ether oxygens (including phenoxy) is 1. The molecule has 1 N–H and O–H groups in total. The summed E-state index contributed by atoms with van der Waals surface area (Å²) in [5.41, 5.74) is 0. The van der Waals surface area contributed by atoms with Crippen LogP contribution in [-0.2, 0) is 14.3 Å². The van der Waals surface area contributed by atoms with Crippen molar-refractivity contribution in [3.8, 4) is 0 Å². The van der Waals surface area contributed by atoms with Crippen LogP contribution in [0.15, 0.2) is 0 Å². The van der Waals surface area contributed by atoms with Crippen LogP contribution < -0.4 is 5.32 Å². The minimum atomic E-state index is -0.145. The summed E-state index contributed by atoms with van der Waals surface area (Å²) in [6.45, 7) is 3.50. The van der Waals surface area contributed by atoms with Crippen molar-refractivity contribution < 1.29 is 14.3 Å². The molecule has 1 rings (SSSR count). The van der Waals surface area contributed by atoms with Gasteiger partial charge in [-0.1, -0.05) is 45.4 Å². The van der Waals surface area contributed by atoms with Crippen LogP contribution in [0, 0.1) is 0 Å². The van der Waals surface area contributed by atoms with E-state index in [0.29, 0.717) is 19.6 Å². The average Bonchev–Trinajstić information content (AvgIpc) is 2.90. The summed E-state index contributed by atoms with van der Waals surface area (Å²) in [4.78, 5) is 23.3. The lowest BCUT2D eigenvalue weighted by Crippen LogP contribution is -2.36. The number of carbonyl (C=O) groups is 2. The van der Waals surface area contributed by atoms with Crippen LogP contribution in [0.2, 0.25) is 0 Å². The highest BCUT2D eigenvalue weighted by Gasteiger charge is 2.18. The molecule has 0 saturated carbocycles. The lowest BCUT2D eigenvalue weighted by Gasteiger charge is -2.09. The summed E-state index contributed by atoms with van der Waals surface area (Å²) < 4.78 is 5.18. The molecule has 1 aliphatic heterocycles. The Kier molecular flexibility index (Phi) is 9.29. The van der Waals surface area contributed by atoms with Crippen molar-refractivity contribution in [3.63, 3.8) is 0 Å². The van der Waals surface area contributed by atoms with E-state index in [9.17, 15) is 9.59 Å². The molecule has 1 saturated heterocycles. The van der Waals surface area contributed by atoms with E-state index in [1.54, 1.807) is 0 Å². The zero-order valence-electron chi connectivity index (χ0n) is 12.8. The molecule has 1 heterocycles. The maximum atomic E-state index is 11.7. The second-order valence-corrected chi connectivity index (χ2v) is 5.71. The van der Waals surface area contributed by atoms with Crippen molar-refractivity contribution in [1.82, 2.24) is 5.32 Å². The Bertz CT molecular complexity index is 285. The van der Waals surface area contributed by atoms with Crippen molar-refractivity contribution in [3.05, 3.63) is 0 Å². The highest BCUT2D eigenvalue weighted by atomic mass is 16.5. The van der Waals surface area contributed by atoms with Crippen LogP contribution in [0.5, 0.6) is 0 Å². The molecule has 116 valence electrons. The molecule has 0 spiro atoms. The van der Waals surface area contributed by atoms with Crippen molar-refractivity contribution in [1.29, 1.82) is 0 Å². The van der Waals surface area contributed by atoms with Gasteiger partial charge in [0.25, 0.3) is 0 Å². The number of ketones is 1. The topological polar surface area (TPSA) is 55.4 Å². The molecule has 1 fully saturated rings. The molecule has 0 aromatic carbocycles. The van der Waals surface area contributed by atoms with Crippen LogP contribution >= 0.6 is 0 Å². The van der Waals surface area contributed by atoms with E-state index in [4.69, 9.17) is 4.74 Å². The first-order valence-electron chi connectivity index (χ1n) is 8.11. The van der Waals surface area contributed by atoms with Gasteiger partial charge in [-0.05, 0) is 12.8 Å². The van der Waals surface area contributed by atoms with Gasteiger partial charge in [-0.3, -0.25) is 9.59 Å². The van der Waals surface area contributed by atoms with Crippen molar-refractivity contribution in [2.75, 3.05) is 13.2 Å². The lowest BCUT2D eigenvalue weighted by atomic mass is 10.1. The molecule has 1 aliphatic rings. The highest BCUT2D eigenvalue weighted by Crippen LogP contribution is 2.09. The zero-order chi connectivity index (χ0) is 14.6. The Morgan fingerprint density at radius 1 is 1.10 bits per heavy atom. The SMILES string of the molecule is CCCCCCCCCC(=O)CC(=O)N[C@H]1CCOC1. The Hall–Kier alpha value is -0.900. The number of nitrogens with one attached hydrogen (secondary N) is 1. The number of unbranched alkanes of at least 4 members (excludes halogenated alkanes) is 6. The number of Topliss-reactive ketones (excluding diaryl/α,β-unsaturated/α-hetero) is 1. The standard InChI is InChI=1S/C16H29NO3/c1-2-3-4-5-6-7-8-9-15(18)12-16(19)17-14-10-11-20-13-14/h14H,2-13H2,1H3,(H,17,19)/t14-/m0/s1. The van der Waals surface area contributed by atoms with E-state index < -0.39 is 0 Å². The van der Waals surface area contributed by atoms with Crippen molar-refractivity contribution in [2.45, 2.75) is 77.2 Å². The molecule has 4 heteroatoms. The highest BCUT2D eigenvalue weighted by molar-refractivity contribution is 5.98. The number of rotatable bonds is 11. The van der Waals surface area contributed by atoms with Gasteiger partial charge in [-0.2, -0.15) is 0 Å². The largest absolute Gasteiger partial charge is 0.379 e. The van der Waals surface area contributed by atoms with Crippen LogP contribution in [0.25, 0.3) is 0 Å². The Labute approximate surface area is 122 Å². The minimum absolute atomic E-state index is 0.0341. The van der Waals surface area contributed by atoms with Gasteiger partial charge in [0.1, 0.15) is 5.78 Å². The molecule has 0 unspecified atom stereocenters. The summed E-state index contributed by atoms with van der Waals surface area (Å²) in [6.07, 6.45) is 9.81. The maximum Gasteiger partial charge on any atom is 0.227 e. The van der Waals surface area contributed by atoms with Crippen LogP contribution in [-0.4, -0.2) is 30.9 Å². The van der Waals surface area contributed by atoms with Gasteiger partial charge in [0.2, 0.25) is 5.91 Å². The molecule has 1 atom stereocenters. The first-order chi connectivity index (χ1) is 9.72. The monoisotopic (exact) mass is 283 g/mol. The fraction of sp³-hybridized carbons (Fsp3) is 0.875. The smallest absolute Gasteiger partial charge is 0.227 e. The van der Waals surface area contributed by atoms with Gasteiger partial charge in [0.05, 0.1) is 19.1 Å². The third-order valence-corrected chi connectivity index (χ3v) is 3.71. The quantitative estimate of drug-likeness (QED) is 0.468. The number of hydrogen-bond acceptors (Lipinski definition) is 3. The van der Waals surface area contributed by atoms with E-state index in [-0.39, 0.29) is 24.2 Å². The van der Waals surface area contributed by atoms with Crippen molar-refractivity contribution in [2.24, 2.45) is 0 Å². The maximum absolute atomic E-state index is 11.7. The van der Waals surface area contributed by atoms with Crippen LogP contribution in [0.1, 0.15) is 71.1 Å². The van der Waals surface area contributed by atoms with E-state index in [2.05, 4.69) is 12.2 Å². The molecule has 20 heavy (non-hydrogen) atoms. The van der Waals surface area contributed by atoms with Gasteiger partial charge in [0, 0.05) is 13.0 Å². The van der Waals surface area contributed by atoms with Gasteiger partial charge >= 0.3 is 0 Å². The number of hydrogen-bond donors (Lipinski definition) is 1. The van der Waals surface area contributed by atoms with Crippen LogP contribution in [0.4, 0.5) is 0 Å². The van der Waals surface area contributed by atoms with E-state index >= 15 is 0 Å². The summed E-state index contributed by atoms with van der Waals surface area (Å²) in [7, 11) is 0. The molecular formula is C16H29NO3. The zero-order valence-corrected chi connectivity index (χ0v) is 12.8. The predicted molar refractivity (Wildman–Crippen MR) is 79.6 cm³/mol. The second-order valence-electron chi connectivity index (χ2n) is 5.71. The molecule has 1 amide bonds.